The number of rotatable bonds is 5. The molecule has 118 valence electrons. The molecule has 0 aliphatic carbocycles. The maximum absolute atomic E-state index is 12.2. The standard InChI is InChI=1S/C16H15ClN4O2/c1-2-23-15-7-6-14-19-13(10-21(14)20-15)16(22)18-9-11-4-3-5-12(17)8-11/h3-8,10H,2,9H2,1H3,(H,18,22). The zero-order chi connectivity index (χ0) is 16.2. The number of carbonyl (C=O) groups excluding carboxylic acids is 1. The highest BCUT2D eigenvalue weighted by Gasteiger charge is 2.11. The second-order valence-corrected chi connectivity index (χ2v) is 5.28. The first-order valence-electron chi connectivity index (χ1n) is 7.17. The third kappa shape index (κ3) is 3.60. The van der Waals surface area contributed by atoms with E-state index in [9.17, 15) is 4.79 Å². The highest BCUT2D eigenvalue weighted by Crippen LogP contribution is 2.12. The summed E-state index contributed by atoms with van der Waals surface area (Å²) in [6.07, 6.45) is 1.57. The lowest BCUT2D eigenvalue weighted by molar-refractivity contribution is 0.0946. The number of aromatic nitrogens is 3. The van der Waals surface area contributed by atoms with Gasteiger partial charge in [-0.2, -0.15) is 0 Å². The molecule has 23 heavy (non-hydrogen) atoms. The van der Waals surface area contributed by atoms with E-state index in [0.717, 1.165) is 5.56 Å². The van der Waals surface area contributed by atoms with Crippen molar-refractivity contribution in [1.82, 2.24) is 19.9 Å². The normalized spacial score (nSPS) is 10.7. The van der Waals surface area contributed by atoms with E-state index in [0.29, 0.717) is 35.4 Å². The third-order valence-electron chi connectivity index (χ3n) is 3.16. The van der Waals surface area contributed by atoms with Gasteiger partial charge in [0.05, 0.1) is 12.8 Å². The molecule has 0 radical (unpaired) electrons. The highest BCUT2D eigenvalue weighted by molar-refractivity contribution is 6.30. The fourth-order valence-corrected chi connectivity index (χ4v) is 2.33. The number of nitrogens with one attached hydrogen (secondary N) is 1. The third-order valence-corrected chi connectivity index (χ3v) is 3.40. The quantitative estimate of drug-likeness (QED) is 0.781. The Morgan fingerprint density at radius 1 is 1.35 bits per heavy atom. The van der Waals surface area contributed by atoms with Crippen molar-refractivity contribution in [3.8, 4) is 5.88 Å². The Hall–Kier alpha value is -2.60. The molecule has 0 saturated heterocycles. The maximum Gasteiger partial charge on any atom is 0.271 e. The molecule has 3 rings (SSSR count). The van der Waals surface area contributed by atoms with Crippen LogP contribution in [0, 0.1) is 0 Å². The second-order valence-electron chi connectivity index (χ2n) is 4.85. The van der Waals surface area contributed by atoms with E-state index in [-0.39, 0.29) is 5.91 Å². The highest BCUT2D eigenvalue weighted by atomic mass is 35.5. The molecule has 0 saturated carbocycles. The summed E-state index contributed by atoms with van der Waals surface area (Å²) >= 11 is 5.92. The molecule has 1 amide bonds. The van der Waals surface area contributed by atoms with Gasteiger partial charge < -0.3 is 10.1 Å². The van der Waals surface area contributed by atoms with Crippen molar-refractivity contribution in [2.75, 3.05) is 6.61 Å². The van der Waals surface area contributed by atoms with E-state index in [2.05, 4.69) is 15.4 Å². The van der Waals surface area contributed by atoms with Gasteiger partial charge >= 0.3 is 0 Å². The average Bonchev–Trinajstić information content (AvgIpc) is 2.96. The molecule has 2 aromatic heterocycles. The molecule has 0 fully saturated rings. The Morgan fingerprint density at radius 2 is 2.22 bits per heavy atom. The van der Waals surface area contributed by atoms with Gasteiger partial charge in [-0.3, -0.25) is 4.79 Å². The van der Waals surface area contributed by atoms with Crippen LogP contribution in [0.15, 0.2) is 42.6 Å². The molecule has 1 N–H and O–H groups in total. The van der Waals surface area contributed by atoms with E-state index < -0.39 is 0 Å². The smallest absolute Gasteiger partial charge is 0.271 e. The van der Waals surface area contributed by atoms with Crippen molar-refractivity contribution < 1.29 is 9.53 Å². The Morgan fingerprint density at radius 3 is 3.00 bits per heavy atom. The monoisotopic (exact) mass is 330 g/mol. The predicted octanol–water partition coefficient (Wildman–Crippen LogP) is 2.71. The van der Waals surface area contributed by atoms with Crippen LogP contribution in [-0.4, -0.2) is 27.1 Å². The maximum atomic E-state index is 12.2. The largest absolute Gasteiger partial charge is 0.477 e. The fourth-order valence-electron chi connectivity index (χ4n) is 2.12. The Bertz CT molecular complexity index is 847. The van der Waals surface area contributed by atoms with Gasteiger partial charge in [0.25, 0.3) is 5.91 Å². The van der Waals surface area contributed by atoms with Gasteiger partial charge in [0.1, 0.15) is 5.69 Å². The summed E-state index contributed by atoms with van der Waals surface area (Å²) in [5, 5.41) is 7.68. The summed E-state index contributed by atoms with van der Waals surface area (Å²) in [5.41, 5.74) is 1.81. The minimum Gasteiger partial charge on any atom is -0.477 e. The van der Waals surface area contributed by atoms with Crippen LogP contribution < -0.4 is 10.1 Å². The molecular weight excluding hydrogens is 316 g/mol. The summed E-state index contributed by atoms with van der Waals surface area (Å²) in [5.74, 6) is 0.219. The number of carbonyl (C=O) groups is 1. The lowest BCUT2D eigenvalue weighted by atomic mass is 10.2. The van der Waals surface area contributed by atoms with Crippen molar-refractivity contribution >= 4 is 23.2 Å². The molecule has 7 heteroatoms. The first-order valence-corrected chi connectivity index (χ1v) is 7.55. The Balaban J connectivity index is 1.73. The molecule has 0 bridgehead atoms. The lowest BCUT2D eigenvalue weighted by Gasteiger charge is -2.03. The van der Waals surface area contributed by atoms with Crippen LogP contribution in [0.2, 0.25) is 5.02 Å². The topological polar surface area (TPSA) is 68.5 Å². The first kappa shape index (κ1) is 15.3. The van der Waals surface area contributed by atoms with E-state index in [4.69, 9.17) is 16.3 Å². The van der Waals surface area contributed by atoms with E-state index >= 15 is 0 Å². The number of amides is 1. The van der Waals surface area contributed by atoms with Crippen molar-refractivity contribution in [2.24, 2.45) is 0 Å². The molecule has 3 aromatic rings. The average molecular weight is 331 g/mol. The number of benzene rings is 1. The van der Waals surface area contributed by atoms with Gasteiger partial charge in [0.15, 0.2) is 5.65 Å². The van der Waals surface area contributed by atoms with E-state index in [1.165, 1.54) is 4.52 Å². The van der Waals surface area contributed by atoms with Gasteiger partial charge in [0, 0.05) is 17.6 Å². The summed E-state index contributed by atoms with van der Waals surface area (Å²) < 4.78 is 6.85. The van der Waals surface area contributed by atoms with Crippen LogP contribution in [0.5, 0.6) is 5.88 Å². The number of fused-ring (bicyclic) bond motifs is 1. The number of hydrogen-bond acceptors (Lipinski definition) is 4. The molecule has 0 aliphatic heterocycles. The molecule has 0 spiro atoms. The zero-order valence-electron chi connectivity index (χ0n) is 12.5. The van der Waals surface area contributed by atoms with Gasteiger partial charge in [-0.05, 0) is 30.7 Å². The number of nitrogens with zero attached hydrogens (tertiary/aromatic N) is 3. The number of ether oxygens (including phenoxy) is 1. The summed E-state index contributed by atoms with van der Waals surface area (Å²) in [6.45, 7) is 2.79. The predicted molar refractivity (Wildman–Crippen MR) is 86.8 cm³/mol. The van der Waals surface area contributed by atoms with Crippen molar-refractivity contribution in [3.05, 3.63) is 58.9 Å². The van der Waals surface area contributed by atoms with Crippen LogP contribution in [0.25, 0.3) is 5.65 Å². The summed E-state index contributed by atoms with van der Waals surface area (Å²) in [7, 11) is 0. The minimum atomic E-state index is -0.270. The molecular formula is C16H15ClN4O2. The number of imidazole rings is 1. The molecule has 1 aromatic carbocycles. The van der Waals surface area contributed by atoms with E-state index in [1.807, 2.05) is 19.1 Å². The zero-order valence-corrected chi connectivity index (χ0v) is 13.2. The van der Waals surface area contributed by atoms with Crippen molar-refractivity contribution in [3.63, 3.8) is 0 Å². The first-order chi connectivity index (χ1) is 11.2. The molecule has 0 atom stereocenters. The van der Waals surface area contributed by atoms with Crippen LogP contribution in [0.1, 0.15) is 23.0 Å². The minimum absolute atomic E-state index is 0.270. The molecule has 0 aliphatic rings. The van der Waals surface area contributed by atoms with Crippen LogP contribution in [0.3, 0.4) is 0 Å². The van der Waals surface area contributed by atoms with Gasteiger partial charge in [0.2, 0.25) is 5.88 Å². The van der Waals surface area contributed by atoms with Crippen LogP contribution in [-0.2, 0) is 6.54 Å². The summed E-state index contributed by atoms with van der Waals surface area (Å²) in [6, 6.07) is 10.8. The Kier molecular flexibility index (Phi) is 4.43. The van der Waals surface area contributed by atoms with Gasteiger partial charge in [-0.15, -0.1) is 5.10 Å². The van der Waals surface area contributed by atoms with Crippen LogP contribution in [0.4, 0.5) is 0 Å². The van der Waals surface area contributed by atoms with Crippen molar-refractivity contribution in [1.29, 1.82) is 0 Å². The van der Waals surface area contributed by atoms with Gasteiger partial charge in [-0.25, -0.2) is 9.50 Å². The van der Waals surface area contributed by atoms with Gasteiger partial charge in [-0.1, -0.05) is 23.7 Å². The summed E-state index contributed by atoms with van der Waals surface area (Å²) in [4.78, 5) is 16.5. The lowest BCUT2D eigenvalue weighted by Crippen LogP contribution is -2.23. The molecule has 2 heterocycles. The number of hydrogen-bond donors (Lipinski definition) is 1. The molecule has 0 unspecified atom stereocenters. The Labute approximate surface area is 138 Å². The van der Waals surface area contributed by atoms with E-state index in [1.54, 1.807) is 30.5 Å². The molecule has 6 nitrogen and oxygen atoms in total. The second kappa shape index (κ2) is 6.66. The number of halogens is 1. The van der Waals surface area contributed by atoms with Crippen molar-refractivity contribution in [2.45, 2.75) is 13.5 Å². The SMILES string of the molecule is CCOc1ccc2nc(C(=O)NCc3cccc(Cl)c3)cn2n1. The van der Waals surface area contributed by atoms with Crippen LogP contribution >= 0.6 is 11.6 Å². The fraction of sp³-hybridized carbons (Fsp3) is 0.188.